The number of methoxy groups -OCH3 is 1. The molecule has 2 heterocycles. The molecule has 0 saturated carbocycles. The second kappa shape index (κ2) is 8.40. The van der Waals surface area contributed by atoms with Gasteiger partial charge in [-0.15, -0.1) is 11.6 Å². The number of carbonyl (C=O) groups excluding carboxylic acids is 1. The molecule has 2 fully saturated rings. The van der Waals surface area contributed by atoms with Crippen LogP contribution >= 0.6 is 11.6 Å². The Morgan fingerprint density at radius 3 is 2.68 bits per heavy atom. The normalized spacial score (nSPS) is 18.4. The Hall–Kier alpha value is -1.99. The lowest BCUT2D eigenvalue weighted by molar-refractivity contribution is 0.0316. The number of hydrogen-bond acceptors (Lipinski definition) is 5. The van der Waals surface area contributed by atoms with Crippen LogP contribution in [0.15, 0.2) is 18.2 Å². The number of nitrogens with one attached hydrogen (secondary N) is 1. The third kappa shape index (κ3) is 4.35. The molecule has 0 aliphatic carbocycles. The molecule has 2 saturated heterocycles. The molecule has 1 aromatic rings. The summed E-state index contributed by atoms with van der Waals surface area (Å²) in [5.74, 6) is -0.748. The van der Waals surface area contributed by atoms with E-state index in [4.69, 9.17) is 14.6 Å². The first kappa shape index (κ1) is 19.3. The highest BCUT2D eigenvalue weighted by Crippen LogP contribution is 2.32. The molecule has 8 heteroatoms. The van der Waals surface area contributed by atoms with Crippen LogP contribution in [0.2, 0.25) is 0 Å². The molecule has 1 spiro atoms. The SMILES string of the molecule is CCl.COc1cc(CN2CC3(CCNCC3)OC2=O)ccc1C(=O)O. The molecule has 0 bridgehead atoms. The molecular formula is C17H23ClN2O5. The van der Waals surface area contributed by atoms with Gasteiger partial charge in [0.1, 0.15) is 16.9 Å². The van der Waals surface area contributed by atoms with Crippen molar-refractivity contribution < 1.29 is 24.2 Å². The second-order valence-electron chi connectivity index (χ2n) is 6.00. The molecular weight excluding hydrogens is 348 g/mol. The third-order valence-electron chi connectivity index (χ3n) is 4.43. The van der Waals surface area contributed by atoms with Gasteiger partial charge in [-0.2, -0.15) is 0 Å². The van der Waals surface area contributed by atoms with Gasteiger partial charge in [0.15, 0.2) is 0 Å². The number of benzene rings is 1. The first-order chi connectivity index (χ1) is 12.0. The minimum Gasteiger partial charge on any atom is -0.496 e. The lowest BCUT2D eigenvalue weighted by atomic mass is 9.92. The number of aromatic carboxylic acids is 1. The van der Waals surface area contributed by atoms with Crippen LogP contribution in [0, 0.1) is 0 Å². The predicted molar refractivity (Wildman–Crippen MR) is 93.5 cm³/mol. The highest BCUT2D eigenvalue weighted by Gasteiger charge is 2.45. The van der Waals surface area contributed by atoms with Crippen LogP contribution in [0.25, 0.3) is 0 Å². The maximum atomic E-state index is 12.1. The van der Waals surface area contributed by atoms with E-state index in [0.717, 1.165) is 31.5 Å². The molecule has 7 nitrogen and oxygen atoms in total. The van der Waals surface area contributed by atoms with E-state index in [1.54, 1.807) is 17.0 Å². The molecule has 25 heavy (non-hydrogen) atoms. The fraction of sp³-hybridized carbons (Fsp3) is 0.529. The van der Waals surface area contributed by atoms with E-state index >= 15 is 0 Å². The van der Waals surface area contributed by atoms with E-state index < -0.39 is 5.97 Å². The maximum Gasteiger partial charge on any atom is 0.410 e. The first-order valence-electron chi connectivity index (χ1n) is 8.00. The van der Waals surface area contributed by atoms with Crippen LogP contribution in [0.4, 0.5) is 4.79 Å². The van der Waals surface area contributed by atoms with Crippen molar-refractivity contribution in [1.82, 2.24) is 10.2 Å². The molecule has 0 unspecified atom stereocenters. The summed E-state index contributed by atoms with van der Waals surface area (Å²) in [5, 5.41) is 12.4. The van der Waals surface area contributed by atoms with E-state index in [-0.39, 0.29) is 17.3 Å². The summed E-state index contributed by atoms with van der Waals surface area (Å²) < 4.78 is 10.7. The van der Waals surface area contributed by atoms with E-state index in [1.165, 1.54) is 19.6 Å². The number of rotatable bonds is 4. The van der Waals surface area contributed by atoms with Crippen LogP contribution in [0.3, 0.4) is 0 Å². The summed E-state index contributed by atoms with van der Waals surface area (Å²) in [6.45, 7) is 2.64. The Morgan fingerprint density at radius 1 is 1.40 bits per heavy atom. The number of ether oxygens (including phenoxy) is 2. The van der Waals surface area contributed by atoms with Gasteiger partial charge in [-0.1, -0.05) is 6.07 Å². The quantitative estimate of drug-likeness (QED) is 0.791. The zero-order chi connectivity index (χ0) is 18.4. The topological polar surface area (TPSA) is 88.1 Å². The van der Waals surface area contributed by atoms with Crippen molar-refractivity contribution in [2.24, 2.45) is 0 Å². The summed E-state index contributed by atoms with van der Waals surface area (Å²) in [7, 11) is 1.43. The van der Waals surface area contributed by atoms with Crippen molar-refractivity contribution in [3.8, 4) is 5.75 Å². The van der Waals surface area contributed by atoms with Crippen molar-refractivity contribution in [3.63, 3.8) is 0 Å². The maximum absolute atomic E-state index is 12.1. The van der Waals surface area contributed by atoms with Crippen LogP contribution < -0.4 is 10.1 Å². The average molecular weight is 371 g/mol. The zero-order valence-corrected chi connectivity index (χ0v) is 15.1. The monoisotopic (exact) mass is 370 g/mol. The highest BCUT2D eigenvalue weighted by atomic mass is 35.5. The van der Waals surface area contributed by atoms with Gasteiger partial charge in [0.25, 0.3) is 0 Å². The molecule has 2 aliphatic heterocycles. The molecule has 1 aromatic carbocycles. The minimum absolute atomic E-state index is 0.107. The molecule has 1 amide bonds. The van der Waals surface area contributed by atoms with Crippen molar-refractivity contribution in [1.29, 1.82) is 0 Å². The predicted octanol–water partition coefficient (Wildman–Crippen LogP) is 2.32. The smallest absolute Gasteiger partial charge is 0.410 e. The highest BCUT2D eigenvalue weighted by molar-refractivity contribution is 6.15. The number of carbonyl (C=O) groups is 2. The molecule has 0 aromatic heterocycles. The number of alkyl halides is 1. The van der Waals surface area contributed by atoms with Gasteiger partial charge in [0.05, 0.1) is 13.7 Å². The second-order valence-corrected chi connectivity index (χ2v) is 6.00. The van der Waals surface area contributed by atoms with Crippen molar-refractivity contribution in [2.45, 2.75) is 25.0 Å². The van der Waals surface area contributed by atoms with Crippen LogP contribution in [0.1, 0.15) is 28.8 Å². The third-order valence-corrected chi connectivity index (χ3v) is 4.43. The molecule has 2 aliphatic rings. The molecule has 0 radical (unpaired) electrons. The van der Waals surface area contributed by atoms with Gasteiger partial charge >= 0.3 is 12.1 Å². The number of carboxylic acid groups (broad SMARTS) is 1. The summed E-state index contributed by atoms with van der Waals surface area (Å²) in [6, 6.07) is 4.86. The lowest BCUT2D eigenvalue weighted by Gasteiger charge is -2.31. The first-order valence-corrected chi connectivity index (χ1v) is 8.75. The van der Waals surface area contributed by atoms with Crippen molar-refractivity contribution >= 4 is 23.7 Å². The Balaban J connectivity index is 0.00000109. The van der Waals surface area contributed by atoms with Crippen molar-refractivity contribution in [2.75, 3.05) is 33.1 Å². The number of piperidine rings is 1. The van der Waals surface area contributed by atoms with Gasteiger partial charge in [-0.05, 0) is 30.8 Å². The van der Waals surface area contributed by atoms with Gasteiger partial charge in [-0.25, -0.2) is 9.59 Å². The summed E-state index contributed by atoms with van der Waals surface area (Å²) in [6.07, 6.45) is 2.79. The van der Waals surface area contributed by atoms with E-state index in [0.29, 0.717) is 18.8 Å². The Morgan fingerprint density at radius 2 is 2.08 bits per heavy atom. The summed E-state index contributed by atoms with van der Waals surface area (Å²) in [4.78, 5) is 24.9. The number of nitrogens with zero attached hydrogens (tertiary/aromatic N) is 1. The summed E-state index contributed by atoms with van der Waals surface area (Å²) in [5.41, 5.74) is 0.540. The van der Waals surface area contributed by atoms with E-state index in [1.807, 2.05) is 0 Å². The number of hydrogen-bond donors (Lipinski definition) is 2. The lowest BCUT2D eigenvalue weighted by Crippen LogP contribution is -2.44. The van der Waals surface area contributed by atoms with Gasteiger partial charge in [0.2, 0.25) is 0 Å². The standard InChI is InChI=1S/C16H20N2O5.CH3Cl/c1-22-13-8-11(2-3-12(13)14(19)20)9-18-10-16(23-15(18)21)4-6-17-7-5-16;1-2/h2-3,8,17H,4-7,9-10H2,1H3,(H,19,20);1H3. The summed E-state index contributed by atoms with van der Waals surface area (Å²) >= 11 is 4.64. The van der Waals surface area contributed by atoms with E-state index in [2.05, 4.69) is 16.9 Å². The molecule has 138 valence electrons. The fourth-order valence-electron chi connectivity index (χ4n) is 3.19. The van der Waals surface area contributed by atoms with Crippen LogP contribution in [0.5, 0.6) is 5.75 Å². The molecule has 2 N–H and O–H groups in total. The van der Waals surface area contributed by atoms with Gasteiger partial charge < -0.3 is 19.9 Å². The molecule has 3 rings (SSSR count). The zero-order valence-electron chi connectivity index (χ0n) is 14.4. The largest absolute Gasteiger partial charge is 0.496 e. The van der Waals surface area contributed by atoms with Crippen LogP contribution in [-0.4, -0.2) is 60.8 Å². The average Bonchev–Trinajstić information content (AvgIpc) is 2.91. The van der Waals surface area contributed by atoms with E-state index in [9.17, 15) is 9.59 Å². The number of carboxylic acids is 1. The van der Waals surface area contributed by atoms with Crippen LogP contribution in [-0.2, 0) is 11.3 Å². The Labute approximate surface area is 151 Å². The minimum atomic E-state index is -1.04. The Kier molecular flexibility index (Phi) is 6.50. The fourth-order valence-corrected chi connectivity index (χ4v) is 3.19. The van der Waals surface area contributed by atoms with Gasteiger partial charge in [0, 0.05) is 25.8 Å². The van der Waals surface area contributed by atoms with Gasteiger partial charge in [-0.3, -0.25) is 4.90 Å². The number of amides is 1. The van der Waals surface area contributed by atoms with Crippen molar-refractivity contribution in [3.05, 3.63) is 29.3 Å². The molecule has 0 atom stereocenters. The number of halogens is 1. The Bertz CT molecular complexity index is 631.